The molecular weight excluding hydrogens is 308 g/mol. The SMILES string of the molecule is CCc1ccsc1C(Cc1cccc(Br)c1)NN. The molecule has 96 valence electrons. The predicted molar refractivity (Wildman–Crippen MR) is 81.6 cm³/mol. The first kappa shape index (κ1) is 13.7. The molecule has 0 amide bonds. The van der Waals surface area contributed by atoms with Crippen LogP contribution >= 0.6 is 27.3 Å². The summed E-state index contributed by atoms with van der Waals surface area (Å²) in [5.74, 6) is 5.72. The average molecular weight is 325 g/mol. The standard InChI is InChI=1S/C14H17BrN2S/c1-2-11-6-7-18-14(11)13(17-16)9-10-4-3-5-12(15)8-10/h3-8,13,17H,2,9,16H2,1H3. The maximum absolute atomic E-state index is 5.72. The van der Waals surface area contributed by atoms with E-state index < -0.39 is 0 Å². The van der Waals surface area contributed by atoms with Crippen molar-refractivity contribution < 1.29 is 0 Å². The third-order valence-electron chi connectivity index (χ3n) is 3.01. The van der Waals surface area contributed by atoms with Crippen LogP contribution in [0, 0.1) is 0 Å². The lowest BCUT2D eigenvalue weighted by Crippen LogP contribution is -2.29. The Morgan fingerprint density at radius 1 is 1.39 bits per heavy atom. The van der Waals surface area contributed by atoms with Gasteiger partial charge in [0.25, 0.3) is 0 Å². The second-order valence-electron chi connectivity index (χ2n) is 4.22. The lowest BCUT2D eigenvalue weighted by Gasteiger charge is -2.16. The van der Waals surface area contributed by atoms with Crippen LogP contribution in [-0.2, 0) is 12.8 Å². The normalized spacial score (nSPS) is 12.6. The Morgan fingerprint density at radius 3 is 2.89 bits per heavy atom. The molecule has 2 nitrogen and oxygen atoms in total. The van der Waals surface area contributed by atoms with Gasteiger partial charge in [0.1, 0.15) is 0 Å². The molecular formula is C14H17BrN2S. The van der Waals surface area contributed by atoms with E-state index >= 15 is 0 Å². The minimum Gasteiger partial charge on any atom is -0.271 e. The summed E-state index contributed by atoms with van der Waals surface area (Å²) in [5.41, 5.74) is 5.61. The fourth-order valence-electron chi connectivity index (χ4n) is 2.07. The molecule has 0 aliphatic heterocycles. The number of halogens is 1. The molecule has 18 heavy (non-hydrogen) atoms. The Morgan fingerprint density at radius 2 is 2.22 bits per heavy atom. The van der Waals surface area contributed by atoms with Gasteiger partial charge in [-0.05, 0) is 47.5 Å². The van der Waals surface area contributed by atoms with Gasteiger partial charge in [-0.15, -0.1) is 11.3 Å². The molecule has 0 aliphatic rings. The number of aryl methyl sites for hydroxylation is 1. The Kier molecular flexibility index (Phi) is 4.95. The van der Waals surface area contributed by atoms with E-state index in [1.165, 1.54) is 16.0 Å². The minimum absolute atomic E-state index is 0.189. The first-order chi connectivity index (χ1) is 8.74. The van der Waals surface area contributed by atoms with Crippen LogP contribution < -0.4 is 11.3 Å². The summed E-state index contributed by atoms with van der Waals surface area (Å²) in [6.07, 6.45) is 1.96. The van der Waals surface area contributed by atoms with E-state index in [9.17, 15) is 0 Å². The zero-order valence-electron chi connectivity index (χ0n) is 10.3. The number of hydrogen-bond acceptors (Lipinski definition) is 3. The topological polar surface area (TPSA) is 38.0 Å². The molecule has 4 heteroatoms. The van der Waals surface area contributed by atoms with Gasteiger partial charge in [-0.1, -0.05) is 35.0 Å². The number of rotatable bonds is 5. The molecule has 0 fully saturated rings. The molecule has 1 atom stereocenters. The molecule has 0 saturated carbocycles. The second kappa shape index (κ2) is 6.48. The maximum Gasteiger partial charge on any atom is 0.0596 e. The van der Waals surface area contributed by atoms with E-state index in [1.807, 2.05) is 6.07 Å². The minimum atomic E-state index is 0.189. The second-order valence-corrected chi connectivity index (χ2v) is 6.08. The summed E-state index contributed by atoms with van der Waals surface area (Å²) in [4.78, 5) is 1.35. The highest BCUT2D eigenvalue weighted by Gasteiger charge is 2.15. The van der Waals surface area contributed by atoms with Gasteiger partial charge in [0, 0.05) is 9.35 Å². The van der Waals surface area contributed by atoms with Crippen molar-refractivity contribution >= 4 is 27.3 Å². The molecule has 0 saturated heterocycles. The lowest BCUT2D eigenvalue weighted by molar-refractivity contribution is 0.557. The molecule has 1 unspecified atom stereocenters. The van der Waals surface area contributed by atoms with Gasteiger partial charge in [0.2, 0.25) is 0 Å². The van der Waals surface area contributed by atoms with Crippen LogP contribution in [-0.4, -0.2) is 0 Å². The first-order valence-electron chi connectivity index (χ1n) is 6.01. The van der Waals surface area contributed by atoms with Crippen molar-refractivity contribution in [2.45, 2.75) is 25.8 Å². The summed E-state index contributed by atoms with van der Waals surface area (Å²) < 4.78 is 1.11. The fourth-order valence-corrected chi connectivity index (χ4v) is 3.58. The summed E-state index contributed by atoms with van der Waals surface area (Å²) >= 11 is 5.28. The predicted octanol–water partition coefficient (Wildman–Crippen LogP) is 3.82. The summed E-state index contributed by atoms with van der Waals surface area (Å²) in [5, 5.41) is 2.14. The van der Waals surface area contributed by atoms with Crippen LogP contribution in [0.2, 0.25) is 0 Å². The molecule has 0 radical (unpaired) electrons. The molecule has 1 aromatic carbocycles. The van der Waals surface area contributed by atoms with E-state index in [2.05, 4.69) is 57.9 Å². The lowest BCUT2D eigenvalue weighted by atomic mass is 10.0. The van der Waals surface area contributed by atoms with Crippen LogP contribution in [0.25, 0.3) is 0 Å². The summed E-state index contributed by atoms with van der Waals surface area (Å²) in [6, 6.07) is 10.7. The summed E-state index contributed by atoms with van der Waals surface area (Å²) in [6.45, 7) is 2.18. The van der Waals surface area contributed by atoms with Crippen molar-refractivity contribution in [2.75, 3.05) is 0 Å². The van der Waals surface area contributed by atoms with Gasteiger partial charge < -0.3 is 0 Å². The van der Waals surface area contributed by atoms with Crippen molar-refractivity contribution in [3.8, 4) is 0 Å². The Hall–Kier alpha value is -0.680. The van der Waals surface area contributed by atoms with Gasteiger partial charge in [0.05, 0.1) is 6.04 Å². The smallest absolute Gasteiger partial charge is 0.0596 e. The number of hydrogen-bond donors (Lipinski definition) is 2. The van der Waals surface area contributed by atoms with Gasteiger partial charge >= 0.3 is 0 Å². The van der Waals surface area contributed by atoms with Gasteiger partial charge in [-0.2, -0.15) is 0 Å². The average Bonchev–Trinajstić information content (AvgIpc) is 2.84. The van der Waals surface area contributed by atoms with Crippen LogP contribution in [0.5, 0.6) is 0 Å². The van der Waals surface area contributed by atoms with Crippen molar-refractivity contribution in [1.29, 1.82) is 0 Å². The zero-order chi connectivity index (χ0) is 13.0. The van der Waals surface area contributed by atoms with E-state index in [0.29, 0.717) is 0 Å². The van der Waals surface area contributed by atoms with Crippen molar-refractivity contribution in [3.05, 3.63) is 56.2 Å². The molecule has 0 bridgehead atoms. The van der Waals surface area contributed by atoms with Gasteiger partial charge in [-0.25, -0.2) is 0 Å². The molecule has 3 N–H and O–H groups in total. The highest BCUT2D eigenvalue weighted by Crippen LogP contribution is 2.27. The number of hydrazine groups is 1. The number of nitrogens with one attached hydrogen (secondary N) is 1. The van der Waals surface area contributed by atoms with Crippen LogP contribution in [0.4, 0.5) is 0 Å². The van der Waals surface area contributed by atoms with E-state index in [1.54, 1.807) is 11.3 Å². The maximum atomic E-state index is 5.72. The number of nitrogens with two attached hydrogens (primary N) is 1. The van der Waals surface area contributed by atoms with Crippen molar-refractivity contribution in [3.63, 3.8) is 0 Å². The van der Waals surface area contributed by atoms with Gasteiger partial charge in [0.15, 0.2) is 0 Å². The Bertz CT molecular complexity index is 510. The monoisotopic (exact) mass is 324 g/mol. The fraction of sp³-hybridized carbons (Fsp3) is 0.286. The van der Waals surface area contributed by atoms with E-state index in [0.717, 1.165) is 17.3 Å². The highest BCUT2D eigenvalue weighted by molar-refractivity contribution is 9.10. The third-order valence-corrected chi connectivity index (χ3v) is 4.57. The van der Waals surface area contributed by atoms with Crippen LogP contribution in [0.15, 0.2) is 40.2 Å². The van der Waals surface area contributed by atoms with E-state index in [-0.39, 0.29) is 6.04 Å². The first-order valence-corrected chi connectivity index (χ1v) is 7.68. The molecule has 0 spiro atoms. The van der Waals surface area contributed by atoms with Gasteiger partial charge in [-0.3, -0.25) is 11.3 Å². The Balaban J connectivity index is 2.20. The number of thiophene rings is 1. The third kappa shape index (κ3) is 3.20. The highest BCUT2D eigenvalue weighted by atomic mass is 79.9. The van der Waals surface area contributed by atoms with Crippen LogP contribution in [0.3, 0.4) is 0 Å². The number of benzene rings is 1. The molecule has 1 heterocycles. The quantitative estimate of drug-likeness (QED) is 0.648. The molecule has 2 rings (SSSR count). The molecule has 1 aromatic heterocycles. The summed E-state index contributed by atoms with van der Waals surface area (Å²) in [7, 11) is 0. The molecule has 0 aliphatic carbocycles. The van der Waals surface area contributed by atoms with Crippen molar-refractivity contribution in [2.24, 2.45) is 5.84 Å². The molecule has 2 aromatic rings. The zero-order valence-corrected chi connectivity index (χ0v) is 12.7. The van der Waals surface area contributed by atoms with E-state index in [4.69, 9.17) is 5.84 Å². The largest absolute Gasteiger partial charge is 0.271 e. The van der Waals surface area contributed by atoms with Crippen molar-refractivity contribution in [1.82, 2.24) is 5.43 Å². The Labute approximate surface area is 120 Å². The van der Waals surface area contributed by atoms with Crippen LogP contribution in [0.1, 0.15) is 29.0 Å².